The van der Waals surface area contributed by atoms with E-state index in [0.29, 0.717) is 6.54 Å². The molecule has 0 aromatic carbocycles. The highest BCUT2D eigenvalue weighted by molar-refractivity contribution is 4.78. The molecule has 0 aromatic heterocycles. The van der Waals surface area contributed by atoms with Crippen molar-refractivity contribution in [2.24, 2.45) is 11.1 Å². The number of unbranched alkanes of at least 4 members (excludes halogenated alkanes) is 2. The van der Waals surface area contributed by atoms with Gasteiger partial charge >= 0.3 is 0 Å². The summed E-state index contributed by atoms with van der Waals surface area (Å²) >= 11 is 0. The van der Waals surface area contributed by atoms with E-state index < -0.39 is 0 Å². The van der Waals surface area contributed by atoms with E-state index in [1.54, 1.807) is 0 Å². The number of rotatable bonds is 6. The molecule has 0 saturated heterocycles. The quantitative estimate of drug-likeness (QED) is 0.603. The maximum Gasteiger partial charge on any atom is 0.0603 e. The minimum Gasteiger partial charge on any atom is -0.393 e. The Labute approximate surface area is 76.2 Å². The molecule has 1 atom stereocenters. The molecule has 0 aliphatic carbocycles. The number of aliphatic hydroxyl groups excluding tert-OH is 1. The Balaban J connectivity index is 3.63. The normalized spacial score (nSPS) is 14.8. The second kappa shape index (κ2) is 5.55. The van der Waals surface area contributed by atoms with E-state index in [4.69, 9.17) is 5.73 Å². The molecule has 2 heteroatoms. The Kier molecular flexibility index (Phi) is 5.51. The predicted octanol–water partition coefficient (Wildman–Crippen LogP) is 1.91. The molecule has 3 N–H and O–H groups in total. The van der Waals surface area contributed by atoms with E-state index in [9.17, 15) is 5.11 Å². The summed E-state index contributed by atoms with van der Waals surface area (Å²) in [6.45, 7) is 6.76. The third-order valence-corrected chi connectivity index (χ3v) is 2.51. The number of nitrogens with two attached hydrogens (primary N) is 1. The Hall–Kier alpha value is -0.0800. The Morgan fingerprint density at radius 2 is 1.92 bits per heavy atom. The monoisotopic (exact) mass is 173 g/mol. The highest BCUT2D eigenvalue weighted by Gasteiger charge is 2.25. The number of hydrogen-bond acceptors (Lipinski definition) is 2. The summed E-state index contributed by atoms with van der Waals surface area (Å²) < 4.78 is 0. The number of hydrogen-bond donors (Lipinski definition) is 2. The molecule has 0 aromatic rings. The maximum absolute atomic E-state index is 9.72. The van der Waals surface area contributed by atoms with Gasteiger partial charge in [0, 0.05) is 5.41 Å². The highest BCUT2D eigenvalue weighted by Crippen LogP contribution is 2.22. The summed E-state index contributed by atoms with van der Waals surface area (Å²) in [6.07, 6.45) is 4.17. The molecule has 0 aliphatic rings. The highest BCUT2D eigenvalue weighted by atomic mass is 16.3. The molecule has 0 amide bonds. The molecule has 0 radical (unpaired) electrons. The van der Waals surface area contributed by atoms with Crippen molar-refractivity contribution in [3.05, 3.63) is 0 Å². The molecule has 0 spiro atoms. The van der Waals surface area contributed by atoms with Crippen molar-refractivity contribution in [2.75, 3.05) is 6.54 Å². The molecule has 1 unspecified atom stereocenters. The molecule has 0 aliphatic heterocycles. The topological polar surface area (TPSA) is 46.2 Å². The van der Waals surface area contributed by atoms with E-state index in [2.05, 4.69) is 6.92 Å². The van der Waals surface area contributed by atoms with Crippen molar-refractivity contribution in [1.82, 2.24) is 0 Å². The third-order valence-electron chi connectivity index (χ3n) is 2.51. The fourth-order valence-electron chi connectivity index (χ4n) is 1.11. The van der Waals surface area contributed by atoms with Gasteiger partial charge in [0.05, 0.1) is 6.10 Å². The molecular formula is C10H23NO. The van der Waals surface area contributed by atoms with Gasteiger partial charge in [-0.1, -0.05) is 40.0 Å². The Bertz CT molecular complexity index is 112. The zero-order valence-electron chi connectivity index (χ0n) is 8.64. The van der Waals surface area contributed by atoms with Crippen LogP contribution in [-0.4, -0.2) is 17.8 Å². The first kappa shape index (κ1) is 11.9. The first-order chi connectivity index (χ1) is 5.54. The van der Waals surface area contributed by atoms with Crippen molar-refractivity contribution in [1.29, 1.82) is 0 Å². The van der Waals surface area contributed by atoms with Crippen molar-refractivity contribution < 1.29 is 5.11 Å². The van der Waals surface area contributed by atoms with Gasteiger partial charge in [0.25, 0.3) is 0 Å². The van der Waals surface area contributed by atoms with Crippen LogP contribution in [0.25, 0.3) is 0 Å². The molecule has 0 heterocycles. The van der Waals surface area contributed by atoms with Gasteiger partial charge in [0.2, 0.25) is 0 Å². The van der Waals surface area contributed by atoms with E-state index >= 15 is 0 Å². The van der Waals surface area contributed by atoms with Crippen LogP contribution in [-0.2, 0) is 0 Å². The Morgan fingerprint density at radius 1 is 1.33 bits per heavy atom. The average Bonchev–Trinajstić information content (AvgIpc) is 2.05. The second-order valence-corrected chi connectivity index (χ2v) is 4.20. The van der Waals surface area contributed by atoms with Crippen molar-refractivity contribution in [3.63, 3.8) is 0 Å². The maximum atomic E-state index is 9.72. The van der Waals surface area contributed by atoms with E-state index in [-0.39, 0.29) is 11.5 Å². The minimum absolute atomic E-state index is 0.117. The van der Waals surface area contributed by atoms with Gasteiger partial charge in [-0.15, -0.1) is 0 Å². The largest absolute Gasteiger partial charge is 0.393 e. The van der Waals surface area contributed by atoms with Crippen molar-refractivity contribution in [2.45, 2.75) is 52.6 Å². The molecule has 0 saturated carbocycles. The molecular weight excluding hydrogens is 150 g/mol. The molecule has 0 fully saturated rings. The average molecular weight is 173 g/mol. The van der Waals surface area contributed by atoms with E-state index in [1.807, 2.05) is 13.8 Å². The zero-order chi connectivity index (χ0) is 9.61. The first-order valence-electron chi connectivity index (χ1n) is 4.92. The molecule has 0 rings (SSSR count). The summed E-state index contributed by atoms with van der Waals surface area (Å²) in [7, 11) is 0. The lowest BCUT2D eigenvalue weighted by Crippen LogP contribution is -2.36. The predicted molar refractivity (Wildman–Crippen MR) is 53.0 cm³/mol. The second-order valence-electron chi connectivity index (χ2n) is 4.20. The SMILES string of the molecule is CCCCCC(O)C(C)(C)CN. The van der Waals surface area contributed by atoms with Crippen LogP contribution in [0.15, 0.2) is 0 Å². The van der Waals surface area contributed by atoms with Crippen LogP contribution < -0.4 is 5.73 Å². The van der Waals surface area contributed by atoms with E-state index in [1.165, 1.54) is 12.8 Å². The third kappa shape index (κ3) is 4.07. The number of aliphatic hydroxyl groups is 1. The smallest absolute Gasteiger partial charge is 0.0603 e. The van der Waals surface area contributed by atoms with Crippen LogP contribution in [0.2, 0.25) is 0 Å². The van der Waals surface area contributed by atoms with Gasteiger partial charge < -0.3 is 10.8 Å². The standard InChI is InChI=1S/C10H23NO/c1-4-5-6-7-9(12)10(2,3)8-11/h9,12H,4-8,11H2,1-3H3. The minimum atomic E-state index is -0.242. The Morgan fingerprint density at radius 3 is 2.33 bits per heavy atom. The van der Waals surface area contributed by atoms with Crippen LogP contribution in [0.1, 0.15) is 46.5 Å². The molecule has 12 heavy (non-hydrogen) atoms. The fraction of sp³-hybridized carbons (Fsp3) is 1.00. The lowest BCUT2D eigenvalue weighted by molar-refractivity contribution is 0.0469. The lowest BCUT2D eigenvalue weighted by Gasteiger charge is -2.28. The van der Waals surface area contributed by atoms with E-state index in [0.717, 1.165) is 12.8 Å². The van der Waals surface area contributed by atoms with Crippen LogP contribution in [0.3, 0.4) is 0 Å². The summed E-state index contributed by atoms with van der Waals surface area (Å²) in [5.74, 6) is 0. The fourth-order valence-corrected chi connectivity index (χ4v) is 1.11. The zero-order valence-corrected chi connectivity index (χ0v) is 8.64. The lowest BCUT2D eigenvalue weighted by atomic mass is 9.84. The van der Waals surface area contributed by atoms with Gasteiger partial charge in [0.1, 0.15) is 0 Å². The van der Waals surface area contributed by atoms with Gasteiger partial charge in [-0.2, -0.15) is 0 Å². The van der Waals surface area contributed by atoms with Gasteiger partial charge in [-0.25, -0.2) is 0 Å². The van der Waals surface area contributed by atoms with Crippen molar-refractivity contribution in [3.8, 4) is 0 Å². The first-order valence-corrected chi connectivity index (χ1v) is 4.92. The van der Waals surface area contributed by atoms with Crippen molar-refractivity contribution >= 4 is 0 Å². The van der Waals surface area contributed by atoms with Crippen LogP contribution in [0.5, 0.6) is 0 Å². The summed E-state index contributed by atoms with van der Waals surface area (Å²) in [5.41, 5.74) is 5.43. The van der Waals surface area contributed by atoms with Crippen LogP contribution in [0.4, 0.5) is 0 Å². The van der Waals surface area contributed by atoms with Crippen LogP contribution >= 0.6 is 0 Å². The van der Waals surface area contributed by atoms with Gasteiger partial charge in [-0.05, 0) is 13.0 Å². The van der Waals surface area contributed by atoms with Gasteiger partial charge in [0.15, 0.2) is 0 Å². The summed E-state index contributed by atoms with van der Waals surface area (Å²) in [6, 6.07) is 0. The van der Waals surface area contributed by atoms with Crippen LogP contribution in [0, 0.1) is 5.41 Å². The summed E-state index contributed by atoms with van der Waals surface area (Å²) in [5, 5.41) is 9.72. The molecule has 74 valence electrons. The summed E-state index contributed by atoms with van der Waals surface area (Å²) in [4.78, 5) is 0. The van der Waals surface area contributed by atoms with Gasteiger partial charge in [-0.3, -0.25) is 0 Å². The molecule has 0 bridgehead atoms. The molecule has 2 nitrogen and oxygen atoms in total.